The second-order valence-electron chi connectivity index (χ2n) is 3.41. The summed E-state index contributed by atoms with van der Waals surface area (Å²) in [5, 5.41) is 0. The van der Waals surface area contributed by atoms with Crippen molar-refractivity contribution in [3.05, 3.63) is 53.8 Å². The molecule has 0 saturated carbocycles. The number of benzene rings is 1. The first-order valence-corrected chi connectivity index (χ1v) is 5.17. The molecule has 0 spiro atoms. The largest absolute Gasteiger partial charge is 0.481 e. The van der Waals surface area contributed by atoms with E-state index in [0.29, 0.717) is 5.88 Å². The second kappa shape index (κ2) is 5.30. The number of hydrogen-bond donors (Lipinski definition) is 0. The van der Waals surface area contributed by atoms with E-state index in [0.717, 1.165) is 5.56 Å². The maximum Gasteiger partial charge on any atom is 0.254 e. The van der Waals surface area contributed by atoms with Crippen LogP contribution < -0.4 is 9.47 Å². The predicted molar refractivity (Wildman–Crippen MR) is 61.5 cm³/mol. The molecular formula is C13H12FNO2. The van der Waals surface area contributed by atoms with E-state index in [-0.39, 0.29) is 12.5 Å². The highest BCUT2D eigenvalue weighted by molar-refractivity contribution is 5.22. The van der Waals surface area contributed by atoms with E-state index in [2.05, 4.69) is 4.98 Å². The van der Waals surface area contributed by atoms with E-state index in [4.69, 9.17) is 9.47 Å². The summed E-state index contributed by atoms with van der Waals surface area (Å²) in [7, 11) is 1.47. The Labute approximate surface area is 98.8 Å². The van der Waals surface area contributed by atoms with Crippen LogP contribution in [0.2, 0.25) is 0 Å². The number of hydrogen-bond acceptors (Lipinski definition) is 3. The van der Waals surface area contributed by atoms with Crippen molar-refractivity contribution in [2.75, 3.05) is 7.11 Å². The van der Waals surface area contributed by atoms with Gasteiger partial charge in [-0.1, -0.05) is 30.3 Å². The molecule has 0 fully saturated rings. The highest BCUT2D eigenvalue weighted by atomic mass is 19.1. The molecule has 1 aromatic carbocycles. The summed E-state index contributed by atoms with van der Waals surface area (Å²) in [5.41, 5.74) is 0.955. The maximum atomic E-state index is 13.4. The van der Waals surface area contributed by atoms with Gasteiger partial charge in [0.25, 0.3) is 5.88 Å². The lowest BCUT2D eigenvalue weighted by atomic mass is 10.2. The van der Waals surface area contributed by atoms with Gasteiger partial charge in [0.15, 0.2) is 5.82 Å². The summed E-state index contributed by atoms with van der Waals surface area (Å²) in [6.07, 6.45) is 0. The first-order chi connectivity index (χ1) is 8.29. The Morgan fingerprint density at radius 2 is 1.88 bits per heavy atom. The first kappa shape index (κ1) is 11.4. The van der Waals surface area contributed by atoms with Crippen LogP contribution in [0.15, 0.2) is 42.5 Å². The predicted octanol–water partition coefficient (Wildman–Crippen LogP) is 2.81. The quantitative estimate of drug-likeness (QED) is 0.813. The van der Waals surface area contributed by atoms with Crippen LogP contribution in [-0.4, -0.2) is 12.1 Å². The number of ether oxygens (including phenoxy) is 2. The smallest absolute Gasteiger partial charge is 0.254 e. The molecule has 0 aliphatic rings. The van der Waals surface area contributed by atoms with Crippen LogP contribution >= 0.6 is 0 Å². The Balaban J connectivity index is 2.08. The number of pyridine rings is 1. The highest BCUT2D eigenvalue weighted by Crippen LogP contribution is 2.19. The van der Waals surface area contributed by atoms with Gasteiger partial charge >= 0.3 is 0 Å². The minimum atomic E-state index is -0.498. The monoisotopic (exact) mass is 233 g/mol. The van der Waals surface area contributed by atoms with Crippen LogP contribution in [0.5, 0.6) is 11.8 Å². The highest BCUT2D eigenvalue weighted by Gasteiger charge is 2.07. The zero-order valence-corrected chi connectivity index (χ0v) is 9.39. The molecule has 2 rings (SSSR count). The molecule has 0 bridgehead atoms. The molecule has 0 saturated heterocycles. The second-order valence-corrected chi connectivity index (χ2v) is 3.41. The zero-order valence-electron chi connectivity index (χ0n) is 9.39. The number of rotatable bonds is 4. The molecule has 0 amide bonds. The Hall–Kier alpha value is -2.10. The summed E-state index contributed by atoms with van der Waals surface area (Å²) in [6.45, 7) is 0.276. The number of nitrogens with zero attached hydrogens (tertiary/aromatic N) is 1. The topological polar surface area (TPSA) is 31.4 Å². The van der Waals surface area contributed by atoms with Gasteiger partial charge in [-0.3, -0.25) is 0 Å². The van der Waals surface area contributed by atoms with E-state index < -0.39 is 5.82 Å². The fourth-order valence-corrected chi connectivity index (χ4v) is 1.35. The van der Waals surface area contributed by atoms with Crippen molar-refractivity contribution in [2.24, 2.45) is 0 Å². The minimum Gasteiger partial charge on any atom is -0.481 e. The molecule has 0 radical (unpaired) electrons. The third-order valence-electron chi connectivity index (χ3n) is 2.22. The van der Waals surface area contributed by atoms with Crippen molar-refractivity contribution >= 4 is 0 Å². The lowest BCUT2D eigenvalue weighted by molar-refractivity contribution is 0.270. The van der Waals surface area contributed by atoms with Gasteiger partial charge in [0.2, 0.25) is 5.88 Å². The van der Waals surface area contributed by atoms with Gasteiger partial charge in [0.1, 0.15) is 6.61 Å². The van der Waals surface area contributed by atoms with Gasteiger partial charge in [-0.15, -0.1) is 0 Å². The zero-order chi connectivity index (χ0) is 12.1. The van der Waals surface area contributed by atoms with Crippen LogP contribution in [-0.2, 0) is 6.61 Å². The van der Waals surface area contributed by atoms with Crippen LogP contribution in [0.4, 0.5) is 4.39 Å². The first-order valence-electron chi connectivity index (χ1n) is 5.17. The molecule has 17 heavy (non-hydrogen) atoms. The van der Waals surface area contributed by atoms with Gasteiger partial charge in [0.05, 0.1) is 7.11 Å². The van der Waals surface area contributed by atoms with E-state index in [1.807, 2.05) is 30.3 Å². The molecule has 0 aliphatic heterocycles. The third-order valence-corrected chi connectivity index (χ3v) is 2.22. The number of halogens is 1. The Morgan fingerprint density at radius 1 is 1.12 bits per heavy atom. The Morgan fingerprint density at radius 3 is 2.59 bits per heavy atom. The number of aromatic nitrogens is 1. The standard InChI is InChI=1S/C13H12FNO2/c1-16-12-8-7-11(14)13(15-12)17-9-10-5-3-2-4-6-10/h2-8H,9H2,1H3. The van der Waals surface area contributed by atoms with Crippen molar-refractivity contribution in [3.63, 3.8) is 0 Å². The van der Waals surface area contributed by atoms with Crippen molar-refractivity contribution in [2.45, 2.75) is 6.61 Å². The molecule has 4 heteroatoms. The summed E-state index contributed by atoms with van der Waals surface area (Å²) in [6, 6.07) is 12.2. The summed E-state index contributed by atoms with van der Waals surface area (Å²) >= 11 is 0. The van der Waals surface area contributed by atoms with Gasteiger partial charge in [-0.05, 0) is 11.6 Å². The van der Waals surface area contributed by atoms with Gasteiger partial charge in [-0.2, -0.15) is 4.98 Å². The van der Waals surface area contributed by atoms with E-state index in [1.54, 1.807) is 0 Å². The van der Waals surface area contributed by atoms with Crippen LogP contribution in [0.1, 0.15) is 5.56 Å². The summed E-state index contributed by atoms with van der Waals surface area (Å²) in [4.78, 5) is 3.89. The van der Waals surface area contributed by atoms with Crippen molar-refractivity contribution < 1.29 is 13.9 Å². The molecule has 0 N–H and O–H groups in total. The molecule has 2 aromatic rings. The molecule has 88 valence electrons. The minimum absolute atomic E-state index is 0.0480. The maximum absolute atomic E-state index is 13.4. The van der Waals surface area contributed by atoms with Crippen LogP contribution in [0.25, 0.3) is 0 Å². The van der Waals surface area contributed by atoms with Gasteiger partial charge in [-0.25, -0.2) is 4.39 Å². The van der Waals surface area contributed by atoms with Gasteiger partial charge < -0.3 is 9.47 Å². The summed E-state index contributed by atoms with van der Waals surface area (Å²) < 4.78 is 23.6. The third kappa shape index (κ3) is 2.93. The molecule has 1 heterocycles. The average Bonchev–Trinajstić information content (AvgIpc) is 2.39. The van der Waals surface area contributed by atoms with Crippen molar-refractivity contribution in [1.82, 2.24) is 4.98 Å². The molecule has 0 atom stereocenters. The van der Waals surface area contributed by atoms with Crippen molar-refractivity contribution in [1.29, 1.82) is 0 Å². The average molecular weight is 233 g/mol. The Bertz CT molecular complexity index is 488. The lowest BCUT2D eigenvalue weighted by Gasteiger charge is -2.07. The number of methoxy groups -OCH3 is 1. The van der Waals surface area contributed by atoms with Crippen molar-refractivity contribution in [3.8, 4) is 11.8 Å². The molecule has 1 aromatic heterocycles. The molecule has 0 unspecified atom stereocenters. The SMILES string of the molecule is COc1ccc(F)c(OCc2ccccc2)n1. The van der Waals surface area contributed by atoms with Crippen LogP contribution in [0, 0.1) is 5.82 Å². The van der Waals surface area contributed by atoms with E-state index in [9.17, 15) is 4.39 Å². The van der Waals surface area contributed by atoms with Crippen LogP contribution in [0.3, 0.4) is 0 Å². The fourth-order valence-electron chi connectivity index (χ4n) is 1.35. The fraction of sp³-hybridized carbons (Fsp3) is 0.154. The molecular weight excluding hydrogens is 221 g/mol. The molecule has 3 nitrogen and oxygen atoms in total. The lowest BCUT2D eigenvalue weighted by Crippen LogP contribution is -2.00. The Kier molecular flexibility index (Phi) is 3.55. The van der Waals surface area contributed by atoms with E-state index in [1.165, 1.54) is 19.2 Å². The normalized spacial score (nSPS) is 10.0. The van der Waals surface area contributed by atoms with E-state index >= 15 is 0 Å². The molecule has 0 aliphatic carbocycles. The summed E-state index contributed by atoms with van der Waals surface area (Å²) in [5.74, 6) is -0.218. The van der Waals surface area contributed by atoms with Gasteiger partial charge in [0, 0.05) is 6.07 Å².